The minimum Gasteiger partial charge on any atom is -0.459 e. The van der Waals surface area contributed by atoms with Crippen molar-refractivity contribution >= 4 is 22.4 Å². The highest BCUT2D eigenvalue weighted by molar-refractivity contribution is 7.85. The molecule has 0 radical (unpaired) electrons. The third-order valence-electron chi connectivity index (χ3n) is 2.15. The summed E-state index contributed by atoms with van der Waals surface area (Å²) in [6, 6.07) is 0. The van der Waals surface area contributed by atoms with Crippen LogP contribution in [0.4, 0.5) is 4.79 Å². The van der Waals surface area contributed by atoms with Crippen molar-refractivity contribution < 1.29 is 31.7 Å². The Kier molecular flexibility index (Phi) is 3.97. The van der Waals surface area contributed by atoms with Crippen LogP contribution in [0.15, 0.2) is 12.7 Å². The molecule has 8 nitrogen and oxygen atoms in total. The van der Waals surface area contributed by atoms with E-state index in [9.17, 15) is 18.0 Å². The molecule has 0 N–H and O–H groups in total. The van der Waals surface area contributed by atoms with Gasteiger partial charge in [0, 0.05) is 0 Å². The van der Waals surface area contributed by atoms with Crippen LogP contribution in [0.3, 0.4) is 0 Å². The lowest BCUT2D eigenvalue weighted by atomic mass is 10.1. The summed E-state index contributed by atoms with van der Waals surface area (Å²) in [6.07, 6.45) is 0.193. The number of carbonyl (C=O) groups excluding carboxylic acids is 2. The van der Waals surface area contributed by atoms with Gasteiger partial charge in [-0.05, 0) is 6.92 Å². The molecule has 1 heterocycles. The molecule has 18 heavy (non-hydrogen) atoms. The zero-order chi connectivity index (χ0) is 14.0. The van der Waals surface area contributed by atoms with Crippen molar-refractivity contribution in [2.75, 3.05) is 20.3 Å². The molecule has 102 valence electrons. The lowest BCUT2D eigenvalue weighted by Gasteiger charge is -2.17. The molecule has 1 fully saturated rings. The highest BCUT2D eigenvalue weighted by Gasteiger charge is 2.54. The number of amides is 1. The molecule has 0 unspecified atom stereocenters. The summed E-state index contributed by atoms with van der Waals surface area (Å²) in [5.74, 6) is -0.905. The maximum absolute atomic E-state index is 11.6. The van der Waals surface area contributed by atoms with Crippen LogP contribution in [0.1, 0.15) is 6.92 Å². The number of nitrogens with zero attached hydrogens (tertiary/aromatic N) is 1. The van der Waals surface area contributed by atoms with Gasteiger partial charge in [0.15, 0.2) is 0 Å². The van der Waals surface area contributed by atoms with Crippen molar-refractivity contribution in [3.8, 4) is 0 Å². The molecule has 1 saturated heterocycles. The van der Waals surface area contributed by atoms with Gasteiger partial charge in [0.1, 0.15) is 6.61 Å². The molecule has 0 saturated carbocycles. The van der Waals surface area contributed by atoms with E-state index >= 15 is 0 Å². The standard InChI is InChI=1S/C9H13NO7S/c1-4-5-16-7(11)9(2)6-10(8(12)15-3)18(13,14)17-9/h4H,1,5-6H2,2-3H3/t9-/m1/s1. The molecule has 0 aromatic carbocycles. The van der Waals surface area contributed by atoms with Gasteiger partial charge in [-0.25, -0.2) is 13.8 Å². The first-order chi connectivity index (χ1) is 8.27. The molecule has 9 heteroatoms. The maximum Gasteiger partial charge on any atom is 0.425 e. The second-order valence-electron chi connectivity index (χ2n) is 3.64. The van der Waals surface area contributed by atoms with E-state index in [1.54, 1.807) is 0 Å². The predicted molar refractivity (Wildman–Crippen MR) is 58.7 cm³/mol. The van der Waals surface area contributed by atoms with E-state index in [0.717, 1.165) is 7.11 Å². The van der Waals surface area contributed by atoms with Crippen molar-refractivity contribution in [3.63, 3.8) is 0 Å². The van der Waals surface area contributed by atoms with Crippen LogP contribution in [-0.2, 0) is 28.8 Å². The van der Waals surface area contributed by atoms with E-state index in [-0.39, 0.29) is 6.61 Å². The summed E-state index contributed by atoms with van der Waals surface area (Å²) in [6.45, 7) is 3.96. The van der Waals surface area contributed by atoms with E-state index in [1.807, 2.05) is 0 Å². The van der Waals surface area contributed by atoms with Crippen LogP contribution >= 0.6 is 0 Å². The van der Waals surface area contributed by atoms with E-state index in [1.165, 1.54) is 13.0 Å². The Labute approximate surface area is 104 Å². The van der Waals surface area contributed by atoms with Crippen molar-refractivity contribution in [1.82, 2.24) is 4.31 Å². The Balaban J connectivity index is 2.93. The van der Waals surface area contributed by atoms with Crippen molar-refractivity contribution in [3.05, 3.63) is 12.7 Å². The monoisotopic (exact) mass is 279 g/mol. The van der Waals surface area contributed by atoms with Crippen molar-refractivity contribution in [2.45, 2.75) is 12.5 Å². The SMILES string of the molecule is C=CCOC(=O)[C@@]1(C)CN(C(=O)OC)S(=O)(=O)O1. The van der Waals surface area contributed by atoms with E-state index in [0.29, 0.717) is 4.31 Å². The lowest BCUT2D eigenvalue weighted by molar-refractivity contribution is -0.157. The molecular formula is C9H13NO7S. The van der Waals surface area contributed by atoms with Crippen LogP contribution in [-0.4, -0.2) is 50.6 Å². The average molecular weight is 279 g/mol. The fourth-order valence-electron chi connectivity index (χ4n) is 1.30. The Morgan fingerprint density at radius 3 is 2.67 bits per heavy atom. The number of methoxy groups -OCH3 is 1. The van der Waals surface area contributed by atoms with Crippen LogP contribution in [0.2, 0.25) is 0 Å². The second-order valence-corrected chi connectivity index (χ2v) is 5.10. The smallest absolute Gasteiger partial charge is 0.425 e. The van der Waals surface area contributed by atoms with Crippen molar-refractivity contribution in [1.29, 1.82) is 0 Å². The van der Waals surface area contributed by atoms with Gasteiger partial charge in [-0.15, -0.1) is 0 Å². The van der Waals surface area contributed by atoms with E-state index < -0.39 is 34.5 Å². The Hall–Kier alpha value is -1.61. The molecule has 1 amide bonds. The predicted octanol–water partition coefficient (Wildman–Crippen LogP) is -0.182. The van der Waals surface area contributed by atoms with Crippen LogP contribution in [0, 0.1) is 0 Å². The van der Waals surface area contributed by atoms with Gasteiger partial charge in [-0.1, -0.05) is 12.7 Å². The third kappa shape index (κ3) is 2.62. The molecular weight excluding hydrogens is 266 g/mol. The minimum absolute atomic E-state index is 0.0872. The summed E-state index contributed by atoms with van der Waals surface area (Å²) in [5, 5.41) is 0. The van der Waals surface area contributed by atoms with Gasteiger partial charge in [-0.3, -0.25) is 0 Å². The van der Waals surface area contributed by atoms with Gasteiger partial charge < -0.3 is 9.47 Å². The van der Waals surface area contributed by atoms with Gasteiger partial charge in [-0.2, -0.15) is 12.7 Å². The first-order valence-electron chi connectivity index (χ1n) is 4.86. The van der Waals surface area contributed by atoms with E-state index in [4.69, 9.17) is 4.74 Å². The summed E-state index contributed by atoms with van der Waals surface area (Å²) in [7, 11) is -3.33. The van der Waals surface area contributed by atoms with E-state index in [2.05, 4.69) is 15.5 Å². The molecule has 0 spiro atoms. The van der Waals surface area contributed by atoms with Gasteiger partial charge >= 0.3 is 22.4 Å². The highest BCUT2D eigenvalue weighted by Crippen LogP contribution is 2.29. The topological polar surface area (TPSA) is 99.2 Å². The van der Waals surface area contributed by atoms with Crippen molar-refractivity contribution in [2.24, 2.45) is 0 Å². The number of ether oxygens (including phenoxy) is 2. The van der Waals surface area contributed by atoms with Gasteiger partial charge in [0.2, 0.25) is 5.60 Å². The fraction of sp³-hybridized carbons (Fsp3) is 0.556. The summed E-state index contributed by atoms with van der Waals surface area (Å²) in [5.41, 5.74) is -1.78. The molecule has 0 aromatic rings. The lowest BCUT2D eigenvalue weighted by Crippen LogP contribution is -2.42. The maximum atomic E-state index is 11.6. The molecule has 1 aliphatic rings. The summed E-state index contributed by atoms with van der Waals surface area (Å²) >= 11 is 0. The number of hydrogen-bond donors (Lipinski definition) is 0. The largest absolute Gasteiger partial charge is 0.459 e. The quantitative estimate of drug-likeness (QED) is 0.521. The number of rotatable bonds is 3. The normalized spacial score (nSPS) is 25.6. The minimum atomic E-state index is -4.34. The van der Waals surface area contributed by atoms with Crippen LogP contribution < -0.4 is 0 Å². The van der Waals surface area contributed by atoms with Gasteiger partial charge in [0.05, 0.1) is 13.7 Å². The molecule has 1 rings (SSSR count). The fourth-order valence-corrected chi connectivity index (χ4v) is 2.64. The second kappa shape index (κ2) is 4.94. The van der Waals surface area contributed by atoms with Crippen LogP contribution in [0.25, 0.3) is 0 Å². The Morgan fingerprint density at radius 2 is 2.17 bits per heavy atom. The average Bonchev–Trinajstić information content (AvgIpc) is 2.56. The number of carbonyl (C=O) groups is 2. The third-order valence-corrected chi connectivity index (χ3v) is 3.54. The zero-order valence-corrected chi connectivity index (χ0v) is 10.7. The number of esters is 1. The zero-order valence-electron chi connectivity index (χ0n) is 9.91. The summed E-state index contributed by atoms with van der Waals surface area (Å²) in [4.78, 5) is 22.9. The molecule has 1 atom stereocenters. The first-order valence-corrected chi connectivity index (χ1v) is 6.23. The molecule has 1 aliphatic heterocycles. The molecule has 0 aromatic heterocycles. The number of hydrogen-bond acceptors (Lipinski definition) is 7. The Morgan fingerprint density at radius 1 is 1.56 bits per heavy atom. The van der Waals surface area contributed by atoms with Gasteiger partial charge in [0.25, 0.3) is 0 Å². The first kappa shape index (κ1) is 14.5. The Bertz CT molecular complexity index is 471. The highest BCUT2D eigenvalue weighted by atomic mass is 32.2. The molecule has 0 aliphatic carbocycles. The van der Waals surface area contributed by atoms with Crippen LogP contribution in [0.5, 0.6) is 0 Å². The molecule has 0 bridgehead atoms. The summed E-state index contributed by atoms with van der Waals surface area (Å²) < 4.78 is 37.0.